The second-order valence-electron chi connectivity index (χ2n) is 4.64. The van der Waals surface area contributed by atoms with E-state index < -0.39 is 5.54 Å². The minimum atomic E-state index is -0.449. The van der Waals surface area contributed by atoms with Gasteiger partial charge in [-0.1, -0.05) is 12.1 Å². The van der Waals surface area contributed by atoms with E-state index >= 15 is 0 Å². The molecule has 0 saturated carbocycles. The number of thiophene rings is 1. The van der Waals surface area contributed by atoms with Crippen LogP contribution < -0.4 is 5.32 Å². The number of pyridine rings is 1. The van der Waals surface area contributed by atoms with Crippen LogP contribution in [0.4, 0.5) is 0 Å². The Labute approximate surface area is 111 Å². The third kappa shape index (κ3) is 3.17. The summed E-state index contributed by atoms with van der Waals surface area (Å²) in [4.78, 5) is 17.3. The fourth-order valence-electron chi connectivity index (χ4n) is 1.76. The highest BCUT2D eigenvalue weighted by atomic mass is 32.1. The Hall–Kier alpha value is -1.68. The number of amides is 1. The molecule has 1 N–H and O–H groups in total. The van der Waals surface area contributed by atoms with Crippen LogP contribution in [0.3, 0.4) is 0 Å². The molecule has 0 bridgehead atoms. The number of carbonyl (C=O) groups is 1. The Bertz CT molecular complexity index is 506. The Morgan fingerprint density at radius 1 is 1.33 bits per heavy atom. The molecular formula is C14H16N2OS. The number of hydrogen-bond acceptors (Lipinski definition) is 3. The van der Waals surface area contributed by atoms with Gasteiger partial charge in [0.05, 0.1) is 17.7 Å². The van der Waals surface area contributed by atoms with Crippen LogP contribution in [0, 0.1) is 0 Å². The van der Waals surface area contributed by atoms with Gasteiger partial charge in [-0.05, 0) is 37.4 Å². The first kappa shape index (κ1) is 12.8. The van der Waals surface area contributed by atoms with Crippen molar-refractivity contribution in [2.24, 2.45) is 0 Å². The molecule has 0 aliphatic rings. The maximum absolute atomic E-state index is 12.0. The van der Waals surface area contributed by atoms with Crippen LogP contribution in [0.25, 0.3) is 0 Å². The molecular weight excluding hydrogens is 244 g/mol. The van der Waals surface area contributed by atoms with Gasteiger partial charge < -0.3 is 5.32 Å². The van der Waals surface area contributed by atoms with Gasteiger partial charge in [0.2, 0.25) is 5.91 Å². The summed E-state index contributed by atoms with van der Waals surface area (Å²) >= 11 is 1.60. The van der Waals surface area contributed by atoms with Crippen LogP contribution in [0.5, 0.6) is 0 Å². The zero-order valence-corrected chi connectivity index (χ0v) is 11.3. The lowest BCUT2D eigenvalue weighted by atomic mass is 9.99. The third-order valence-electron chi connectivity index (χ3n) is 2.67. The first-order valence-electron chi connectivity index (χ1n) is 5.83. The summed E-state index contributed by atoms with van der Waals surface area (Å²) in [5, 5.41) is 4.99. The molecule has 4 heteroatoms. The molecule has 2 aromatic heterocycles. The molecule has 0 aromatic carbocycles. The summed E-state index contributed by atoms with van der Waals surface area (Å²) in [5.74, 6) is 0.0214. The molecule has 0 fully saturated rings. The quantitative estimate of drug-likeness (QED) is 0.918. The number of aromatic nitrogens is 1. The molecule has 2 rings (SSSR count). The van der Waals surface area contributed by atoms with E-state index in [0.29, 0.717) is 6.42 Å². The SMILES string of the molecule is CC(C)(NC(=O)Cc1cccs1)c1ccccn1. The van der Waals surface area contributed by atoms with Crippen LogP contribution >= 0.6 is 11.3 Å². The van der Waals surface area contributed by atoms with E-state index in [1.54, 1.807) is 17.5 Å². The summed E-state index contributed by atoms with van der Waals surface area (Å²) in [6, 6.07) is 9.64. The van der Waals surface area contributed by atoms with Gasteiger partial charge >= 0.3 is 0 Å². The second kappa shape index (κ2) is 5.31. The predicted molar refractivity (Wildman–Crippen MR) is 73.4 cm³/mol. The van der Waals surface area contributed by atoms with E-state index in [1.807, 2.05) is 49.6 Å². The smallest absolute Gasteiger partial charge is 0.225 e. The van der Waals surface area contributed by atoms with E-state index in [4.69, 9.17) is 0 Å². The van der Waals surface area contributed by atoms with Gasteiger partial charge in [-0.2, -0.15) is 0 Å². The molecule has 0 atom stereocenters. The predicted octanol–water partition coefficient (Wildman–Crippen LogP) is 2.74. The molecule has 0 radical (unpaired) electrons. The zero-order chi connectivity index (χ0) is 13.0. The monoisotopic (exact) mass is 260 g/mol. The normalized spacial score (nSPS) is 11.2. The lowest BCUT2D eigenvalue weighted by Crippen LogP contribution is -2.42. The van der Waals surface area contributed by atoms with Crippen molar-refractivity contribution >= 4 is 17.2 Å². The maximum Gasteiger partial charge on any atom is 0.225 e. The first-order valence-corrected chi connectivity index (χ1v) is 6.71. The minimum absolute atomic E-state index is 0.0214. The number of nitrogens with zero attached hydrogens (tertiary/aromatic N) is 1. The lowest BCUT2D eigenvalue weighted by molar-refractivity contribution is -0.122. The van der Waals surface area contributed by atoms with Crippen molar-refractivity contribution in [2.45, 2.75) is 25.8 Å². The summed E-state index contributed by atoms with van der Waals surface area (Å²) in [6.45, 7) is 3.92. The van der Waals surface area contributed by atoms with E-state index in [-0.39, 0.29) is 5.91 Å². The highest BCUT2D eigenvalue weighted by Crippen LogP contribution is 2.17. The number of carbonyl (C=O) groups excluding carboxylic acids is 1. The molecule has 0 aliphatic heterocycles. The van der Waals surface area contributed by atoms with Crippen LogP contribution in [0.2, 0.25) is 0 Å². The maximum atomic E-state index is 12.0. The summed E-state index contributed by atoms with van der Waals surface area (Å²) in [5.41, 5.74) is 0.416. The third-order valence-corrected chi connectivity index (χ3v) is 3.55. The van der Waals surface area contributed by atoms with Gasteiger partial charge in [0.1, 0.15) is 0 Å². The van der Waals surface area contributed by atoms with Gasteiger partial charge in [0, 0.05) is 11.1 Å². The Morgan fingerprint density at radius 3 is 2.78 bits per heavy atom. The van der Waals surface area contributed by atoms with Gasteiger partial charge in [0.15, 0.2) is 0 Å². The van der Waals surface area contributed by atoms with Crippen LogP contribution in [-0.4, -0.2) is 10.9 Å². The number of hydrogen-bond donors (Lipinski definition) is 1. The highest BCUT2D eigenvalue weighted by molar-refractivity contribution is 7.10. The molecule has 0 spiro atoms. The lowest BCUT2D eigenvalue weighted by Gasteiger charge is -2.25. The molecule has 0 saturated heterocycles. The Kier molecular flexibility index (Phi) is 3.77. The zero-order valence-electron chi connectivity index (χ0n) is 10.5. The highest BCUT2D eigenvalue weighted by Gasteiger charge is 2.23. The molecule has 3 nitrogen and oxygen atoms in total. The van der Waals surface area contributed by atoms with E-state index in [0.717, 1.165) is 10.6 Å². The molecule has 2 aromatic rings. The molecule has 0 unspecified atom stereocenters. The van der Waals surface area contributed by atoms with Gasteiger partial charge in [0.25, 0.3) is 0 Å². The van der Waals surface area contributed by atoms with Crippen molar-refractivity contribution in [3.63, 3.8) is 0 Å². The summed E-state index contributed by atoms with van der Waals surface area (Å²) in [6.07, 6.45) is 2.16. The van der Waals surface area contributed by atoms with Crippen molar-refractivity contribution in [3.8, 4) is 0 Å². The molecule has 0 aliphatic carbocycles. The van der Waals surface area contributed by atoms with Gasteiger partial charge in [-0.25, -0.2) is 0 Å². The summed E-state index contributed by atoms with van der Waals surface area (Å²) < 4.78 is 0. The van der Waals surface area contributed by atoms with E-state index in [2.05, 4.69) is 10.3 Å². The van der Waals surface area contributed by atoms with Crippen molar-refractivity contribution in [1.29, 1.82) is 0 Å². The second-order valence-corrected chi connectivity index (χ2v) is 5.68. The van der Waals surface area contributed by atoms with Gasteiger partial charge in [-0.15, -0.1) is 11.3 Å². The van der Waals surface area contributed by atoms with Crippen molar-refractivity contribution in [1.82, 2.24) is 10.3 Å². The molecule has 2 heterocycles. The van der Waals surface area contributed by atoms with Crippen molar-refractivity contribution in [3.05, 3.63) is 52.5 Å². The van der Waals surface area contributed by atoms with E-state index in [1.165, 1.54) is 0 Å². The minimum Gasteiger partial charge on any atom is -0.345 e. The topological polar surface area (TPSA) is 42.0 Å². The van der Waals surface area contributed by atoms with Crippen LogP contribution in [0.15, 0.2) is 41.9 Å². The average molecular weight is 260 g/mol. The Balaban J connectivity index is 2.02. The molecule has 18 heavy (non-hydrogen) atoms. The van der Waals surface area contributed by atoms with Crippen LogP contribution in [-0.2, 0) is 16.8 Å². The standard InChI is InChI=1S/C14H16N2OS/c1-14(2,12-7-3-4-8-15-12)16-13(17)10-11-6-5-9-18-11/h3-9H,10H2,1-2H3,(H,16,17). The average Bonchev–Trinajstić information content (AvgIpc) is 2.82. The first-order chi connectivity index (χ1) is 8.58. The fourth-order valence-corrected chi connectivity index (χ4v) is 2.46. The Morgan fingerprint density at radius 2 is 2.17 bits per heavy atom. The van der Waals surface area contributed by atoms with Crippen molar-refractivity contribution < 1.29 is 4.79 Å². The van der Waals surface area contributed by atoms with Crippen LogP contribution in [0.1, 0.15) is 24.4 Å². The van der Waals surface area contributed by atoms with E-state index in [9.17, 15) is 4.79 Å². The summed E-state index contributed by atoms with van der Waals surface area (Å²) in [7, 11) is 0. The van der Waals surface area contributed by atoms with Crippen molar-refractivity contribution in [2.75, 3.05) is 0 Å². The molecule has 94 valence electrons. The largest absolute Gasteiger partial charge is 0.345 e. The fraction of sp³-hybridized carbons (Fsp3) is 0.286. The number of nitrogens with one attached hydrogen (secondary N) is 1. The molecule has 1 amide bonds. The van der Waals surface area contributed by atoms with Gasteiger partial charge in [-0.3, -0.25) is 9.78 Å². The number of rotatable bonds is 4.